The van der Waals surface area contributed by atoms with Crippen LogP contribution in [-0.2, 0) is 14.0 Å². The Hall–Kier alpha value is -4.64. The van der Waals surface area contributed by atoms with E-state index in [1.54, 1.807) is 0 Å². The fraction of sp³-hybridized carbons (Fsp3) is 0.438. The second kappa shape index (κ2) is 17.9. The smallest absolute Gasteiger partial charge is 0.338 e. The summed E-state index contributed by atoms with van der Waals surface area (Å²) < 4.78 is 13.0. The van der Waals surface area contributed by atoms with Gasteiger partial charge in [0.1, 0.15) is 5.60 Å². The average molecular weight is 839 g/mol. The molecule has 0 unspecified atom stereocenters. The molecule has 9 nitrogen and oxygen atoms in total. The first-order valence-electron chi connectivity index (χ1n) is 20.8. The largest absolute Gasteiger partial charge is 0.481 e. The van der Waals surface area contributed by atoms with Crippen molar-refractivity contribution in [2.45, 2.75) is 97.1 Å². The minimum absolute atomic E-state index is 0.0460. The normalized spacial score (nSPS) is 16.4. The van der Waals surface area contributed by atoms with E-state index in [2.05, 4.69) is 49.0 Å². The third-order valence-electron chi connectivity index (χ3n) is 12.2. The number of esters is 1. The molecule has 0 bridgehead atoms. The van der Waals surface area contributed by atoms with Gasteiger partial charge in [-0.1, -0.05) is 50.6 Å². The Bertz CT molecular complexity index is 2090. The van der Waals surface area contributed by atoms with Crippen LogP contribution in [0.25, 0.3) is 11.1 Å². The fourth-order valence-electron chi connectivity index (χ4n) is 7.69. The molecule has 2 fully saturated rings. The Labute approximate surface area is 356 Å². The number of nitrogens with zero attached hydrogens (tertiary/aromatic N) is 2. The van der Waals surface area contributed by atoms with E-state index in [-0.39, 0.29) is 34.9 Å². The van der Waals surface area contributed by atoms with E-state index in [0.29, 0.717) is 47.8 Å². The number of ether oxygens (including phenoxy) is 1. The van der Waals surface area contributed by atoms with Crippen molar-refractivity contribution in [1.29, 1.82) is 0 Å². The van der Waals surface area contributed by atoms with E-state index in [9.17, 15) is 19.5 Å². The number of carbonyl (C=O) groups excluding carboxylic acids is 2. The molecule has 0 radical (unpaired) electrons. The van der Waals surface area contributed by atoms with Crippen LogP contribution in [0.5, 0.6) is 0 Å². The molecule has 2 saturated heterocycles. The van der Waals surface area contributed by atoms with E-state index in [0.717, 1.165) is 54.0 Å². The highest BCUT2D eigenvalue weighted by Crippen LogP contribution is 2.46. The number of hydrogen-bond acceptors (Lipinski definition) is 7. The number of halogens is 1. The van der Waals surface area contributed by atoms with Crippen LogP contribution in [0.3, 0.4) is 0 Å². The maximum Gasteiger partial charge on any atom is 0.338 e. The van der Waals surface area contributed by atoms with Gasteiger partial charge in [-0.2, -0.15) is 0 Å². The molecule has 0 saturated carbocycles. The van der Waals surface area contributed by atoms with Crippen molar-refractivity contribution >= 4 is 54.8 Å². The van der Waals surface area contributed by atoms with Crippen LogP contribution in [-0.4, -0.2) is 63.0 Å². The quantitative estimate of drug-likeness (QED) is 0.114. The molecule has 6 rings (SSSR count). The summed E-state index contributed by atoms with van der Waals surface area (Å²) in [6.45, 7) is 20.0. The zero-order valence-corrected chi connectivity index (χ0v) is 37.6. The Kier molecular flexibility index (Phi) is 13.3. The van der Waals surface area contributed by atoms with E-state index in [1.165, 1.54) is 0 Å². The van der Waals surface area contributed by atoms with Gasteiger partial charge in [0.15, 0.2) is 8.32 Å². The number of carbonyl (C=O) groups is 3. The predicted octanol–water partition coefficient (Wildman–Crippen LogP) is 11.5. The van der Waals surface area contributed by atoms with E-state index >= 15 is 0 Å². The predicted molar refractivity (Wildman–Crippen MR) is 241 cm³/mol. The van der Waals surface area contributed by atoms with Gasteiger partial charge in [0.25, 0.3) is 5.91 Å². The summed E-state index contributed by atoms with van der Waals surface area (Å²) in [5.74, 6) is -1.38. The Balaban J connectivity index is 1.27. The number of carboxylic acids is 1. The molecule has 2 aliphatic rings. The van der Waals surface area contributed by atoms with Crippen LogP contribution < -0.4 is 15.1 Å². The van der Waals surface area contributed by atoms with Crippen molar-refractivity contribution in [1.82, 2.24) is 0 Å². The molecule has 4 aromatic rings. The number of rotatable bonds is 11. The molecule has 11 heteroatoms. The minimum atomic E-state index is -2.33. The van der Waals surface area contributed by atoms with Crippen molar-refractivity contribution < 1.29 is 28.7 Å². The molecule has 1 atom stereocenters. The number of carboxylic acid groups (broad SMARTS) is 1. The van der Waals surface area contributed by atoms with Crippen LogP contribution in [0.1, 0.15) is 99.6 Å². The van der Waals surface area contributed by atoms with Crippen LogP contribution in [0.4, 0.5) is 17.1 Å². The monoisotopic (exact) mass is 837 g/mol. The van der Waals surface area contributed by atoms with Crippen LogP contribution in [0, 0.1) is 11.8 Å². The van der Waals surface area contributed by atoms with Gasteiger partial charge in [0, 0.05) is 53.8 Å². The number of hydrogen-bond donors (Lipinski definition) is 2. The molecule has 2 aliphatic heterocycles. The third kappa shape index (κ3) is 11.0. The van der Waals surface area contributed by atoms with Gasteiger partial charge in [0.05, 0.1) is 17.6 Å². The summed E-state index contributed by atoms with van der Waals surface area (Å²) in [6, 6.07) is 29.3. The maximum atomic E-state index is 14.1. The average Bonchev–Trinajstić information content (AvgIpc) is 3.19. The van der Waals surface area contributed by atoms with Gasteiger partial charge < -0.3 is 29.4 Å². The van der Waals surface area contributed by atoms with Crippen LogP contribution in [0.15, 0.2) is 91.0 Å². The summed E-state index contributed by atoms with van der Waals surface area (Å²) >= 11 is 6.37. The van der Waals surface area contributed by atoms with Crippen LogP contribution >= 0.6 is 11.6 Å². The lowest BCUT2D eigenvalue weighted by molar-refractivity contribution is -0.142. The van der Waals surface area contributed by atoms with Gasteiger partial charge in [-0.15, -0.1) is 0 Å². The van der Waals surface area contributed by atoms with Gasteiger partial charge in [0.2, 0.25) is 0 Å². The van der Waals surface area contributed by atoms with E-state index in [1.807, 2.05) is 112 Å². The Morgan fingerprint density at radius 3 is 1.80 bits per heavy atom. The molecule has 1 amide bonds. The SMILES string of the molecule is CC(C)(C)OC(=O)c1ccc(N2CCC([C@@H](O[Si](C)(C)C(C)(C)C)c3cc(C(=O)Nc4ccc(N5CCC(C(=O)O)CC5)cc4)ccc3-c3ccc(Cl)cc3)CC2)cc1. The first-order valence-corrected chi connectivity index (χ1v) is 24.1. The number of piperidine rings is 2. The Morgan fingerprint density at radius 1 is 0.746 bits per heavy atom. The van der Waals surface area contributed by atoms with Crippen molar-refractivity contribution in [3.63, 3.8) is 0 Å². The Morgan fingerprint density at radius 2 is 1.27 bits per heavy atom. The van der Waals surface area contributed by atoms with Gasteiger partial charge in [-0.3, -0.25) is 9.59 Å². The third-order valence-corrected chi connectivity index (χ3v) is 16.9. The molecule has 0 aliphatic carbocycles. The molecule has 4 aromatic carbocycles. The fourth-order valence-corrected chi connectivity index (χ4v) is 9.12. The molecule has 2 N–H and O–H groups in total. The number of nitrogens with one attached hydrogen (secondary N) is 1. The first-order chi connectivity index (χ1) is 27.8. The molecule has 0 spiro atoms. The second-order valence-corrected chi connectivity index (χ2v) is 23.8. The minimum Gasteiger partial charge on any atom is -0.481 e. The van der Waals surface area contributed by atoms with Gasteiger partial charge in [-0.25, -0.2) is 4.79 Å². The highest BCUT2D eigenvalue weighted by atomic mass is 35.5. The van der Waals surface area contributed by atoms with Crippen molar-refractivity contribution in [2.75, 3.05) is 41.3 Å². The lowest BCUT2D eigenvalue weighted by Crippen LogP contribution is -2.45. The zero-order valence-electron chi connectivity index (χ0n) is 35.8. The summed E-state index contributed by atoms with van der Waals surface area (Å²) in [6.07, 6.45) is 2.73. The lowest BCUT2D eigenvalue weighted by atomic mass is 9.83. The van der Waals surface area contributed by atoms with Crippen molar-refractivity contribution in [2.24, 2.45) is 11.8 Å². The van der Waals surface area contributed by atoms with Crippen LogP contribution in [0.2, 0.25) is 23.2 Å². The summed E-state index contributed by atoms with van der Waals surface area (Å²) in [7, 11) is -2.33. The number of anilines is 3. The van der Waals surface area contributed by atoms with E-state index < -0.39 is 19.9 Å². The molecular formula is C48H60ClN3O6Si. The molecular weight excluding hydrogens is 778 g/mol. The molecule has 314 valence electrons. The van der Waals surface area contributed by atoms with Gasteiger partial charge in [-0.05, 0) is 160 Å². The van der Waals surface area contributed by atoms with Gasteiger partial charge >= 0.3 is 11.9 Å². The zero-order chi connectivity index (χ0) is 42.7. The highest BCUT2D eigenvalue weighted by Gasteiger charge is 2.42. The summed E-state index contributed by atoms with van der Waals surface area (Å²) in [5.41, 5.74) is 6.28. The molecule has 0 aromatic heterocycles. The lowest BCUT2D eigenvalue weighted by Gasteiger charge is -2.44. The summed E-state index contributed by atoms with van der Waals surface area (Å²) in [5, 5.41) is 13.1. The number of aliphatic carboxylic acids is 1. The summed E-state index contributed by atoms with van der Waals surface area (Å²) in [4.78, 5) is 42.7. The molecule has 2 heterocycles. The standard InChI is InChI=1S/C48H60ClN3O6Si/c1-47(2,3)57-46(56)35-11-18-39(19-12-35)51-27-23-33(24-28-51)43(58-59(7,8)48(4,5)6)42-31-36(13-22-41(42)32-9-14-37(49)15-10-32)44(53)50-38-16-20-40(21-17-38)52-29-25-34(26-30-52)45(54)55/h9-22,31,33-34,43H,23-30H2,1-8H3,(H,50,53)(H,54,55)/t43-/m1/s1. The van der Waals surface area contributed by atoms with Crippen molar-refractivity contribution in [3.8, 4) is 11.1 Å². The molecule has 59 heavy (non-hydrogen) atoms. The number of amides is 1. The highest BCUT2D eigenvalue weighted by molar-refractivity contribution is 6.74. The topological polar surface area (TPSA) is 108 Å². The first kappa shape index (κ1) is 43.9. The van der Waals surface area contributed by atoms with E-state index in [4.69, 9.17) is 20.8 Å². The number of benzene rings is 4. The maximum absolute atomic E-state index is 14.1. The van der Waals surface area contributed by atoms with Crippen molar-refractivity contribution in [3.05, 3.63) is 113 Å². The second-order valence-electron chi connectivity index (χ2n) is 18.6.